The van der Waals surface area contributed by atoms with Crippen molar-refractivity contribution in [1.82, 2.24) is 25.6 Å². The summed E-state index contributed by atoms with van der Waals surface area (Å²) in [5, 5.41) is 40.0. The first-order valence-corrected chi connectivity index (χ1v) is 11.5. The number of carboxylic acid groups (broad SMARTS) is 2. The van der Waals surface area contributed by atoms with Crippen molar-refractivity contribution < 1.29 is 43.6 Å². The van der Waals surface area contributed by atoms with Gasteiger partial charge in [-0.05, 0) is 37.0 Å². The molecule has 0 bridgehead atoms. The fourth-order valence-electron chi connectivity index (χ4n) is 3.33. The van der Waals surface area contributed by atoms with E-state index in [9.17, 15) is 33.8 Å². The van der Waals surface area contributed by atoms with Gasteiger partial charge < -0.3 is 35.5 Å². The normalized spacial score (nSPS) is 13.2. The van der Waals surface area contributed by atoms with E-state index in [4.69, 9.17) is 9.84 Å². The topological polar surface area (TPSA) is 193 Å². The van der Waals surface area contributed by atoms with Crippen LogP contribution in [0, 0.1) is 0 Å². The highest BCUT2D eigenvalue weighted by Crippen LogP contribution is 2.17. The second-order valence-electron chi connectivity index (χ2n) is 8.29. The molecule has 0 saturated heterocycles. The quantitative estimate of drug-likeness (QED) is 0.181. The largest absolute Gasteiger partial charge is 0.492 e. The van der Waals surface area contributed by atoms with Gasteiger partial charge in [0.05, 0.1) is 25.5 Å². The van der Waals surface area contributed by atoms with E-state index in [2.05, 4.69) is 20.9 Å². The molecule has 5 N–H and O–H groups in total. The molecule has 13 nitrogen and oxygen atoms in total. The van der Waals surface area contributed by atoms with Gasteiger partial charge in [0.2, 0.25) is 0 Å². The molecule has 1 unspecified atom stereocenters. The molecule has 202 valence electrons. The van der Waals surface area contributed by atoms with Crippen molar-refractivity contribution in [2.24, 2.45) is 0 Å². The standard InChI is InChI=1S/C23H30FN5O8/c24-9-1-2-17-13-29(28-27-17)10-11-37-18-5-3-16(4-6-18)12-23(14-30,15-31)26-22(36)25-19(21(34)35)7-8-20(32)33/h3-6,13-14,19,31H,1-2,7-12,15H2,(H,32,33)(H,34,35)(H2,25,26,36)/t19-,23?/m0/s1. The number of alkyl halides is 1. The number of aromatic nitrogens is 3. The second-order valence-corrected chi connectivity index (χ2v) is 8.29. The number of aryl methyl sites for hydroxylation is 1. The third-order valence-corrected chi connectivity index (χ3v) is 5.31. The summed E-state index contributed by atoms with van der Waals surface area (Å²) in [7, 11) is 0. The Morgan fingerprint density at radius 1 is 1.22 bits per heavy atom. The highest BCUT2D eigenvalue weighted by atomic mass is 19.1. The van der Waals surface area contributed by atoms with Crippen molar-refractivity contribution in [2.75, 3.05) is 19.9 Å². The van der Waals surface area contributed by atoms with E-state index in [0.29, 0.717) is 42.7 Å². The average Bonchev–Trinajstić information content (AvgIpc) is 3.33. The molecule has 2 rings (SSSR count). The molecule has 14 heteroatoms. The predicted molar refractivity (Wildman–Crippen MR) is 126 cm³/mol. The molecule has 1 aromatic carbocycles. The molecule has 37 heavy (non-hydrogen) atoms. The van der Waals surface area contributed by atoms with Gasteiger partial charge in [-0.2, -0.15) is 0 Å². The molecule has 1 heterocycles. The molecule has 2 atom stereocenters. The maximum Gasteiger partial charge on any atom is 0.326 e. The Morgan fingerprint density at radius 3 is 2.54 bits per heavy atom. The summed E-state index contributed by atoms with van der Waals surface area (Å²) in [6.07, 6.45) is 2.03. The fourth-order valence-corrected chi connectivity index (χ4v) is 3.33. The maximum atomic E-state index is 12.3. The van der Waals surface area contributed by atoms with Crippen LogP contribution in [0.4, 0.5) is 9.18 Å². The van der Waals surface area contributed by atoms with E-state index in [1.165, 1.54) is 0 Å². The number of amides is 2. The Balaban J connectivity index is 1.91. The van der Waals surface area contributed by atoms with Gasteiger partial charge in [-0.3, -0.25) is 9.18 Å². The number of aliphatic hydroxyl groups excluding tert-OH is 1. The Hall–Kier alpha value is -4.07. The van der Waals surface area contributed by atoms with Gasteiger partial charge in [-0.1, -0.05) is 17.3 Å². The molecule has 0 fully saturated rings. The molecule has 0 aliphatic carbocycles. The van der Waals surface area contributed by atoms with Crippen molar-refractivity contribution in [2.45, 2.75) is 50.2 Å². The summed E-state index contributed by atoms with van der Waals surface area (Å²) in [6, 6.07) is 4.03. The van der Waals surface area contributed by atoms with Crippen molar-refractivity contribution in [3.63, 3.8) is 0 Å². The molecular weight excluding hydrogens is 493 g/mol. The number of ether oxygens (including phenoxy) is 1. The molecule has 2 amide bonds. The number of hydrogen-bond acceptors (Lipinski definition) is 8. The summed E-state index contributed by atoms with van der Waals surface area (Å²) in [4.78, 5) is 46.1. The molecular formula is C23H30FN5O8. The smallest absolute Gasteiger partial charge is 0.326 e. The molecule has 2 aromatic rings. The van der Waals surface area contributed by atoms with Crippen LogP contribution in [-0.2, 0) is 33.8 Å². The first kappa shape index (κ1) is 29.2. The maximum absolute atomic E-state index is 12.3. The van der Waals surface area contributed by atoms with Crippen LogP contribution in [0.25, 0.3) is 0 Å². The van der Waals surface area contributed by atoms with E-state index in [1.807, 2.05) is 0 Å². The van der Waals surface area contributed by atoms with Gasteiger partial charge in [-0.15, -0.1) is 5.10 Å². The van der Waals surface area contributed by atoms with Crippen molar-refractivity contribution in [3.05, 3.63) is 41.7 Å². The number of rotatable bonds is 17. The average molecular weight is 524 g/mol. The zero-order valence-corrected chi connectivity index (χ0v) is 20.0. The number of aldehydes is 1. The van der Waals surface area contributed by atoms with Gasteiger partial charge in [0.25, 0.3) is 0 Å². The summed E-state index contributed by atoms with van der Waals surface area (Å²) < 4.78 is 19.5. The number of aliphatic hydroxyl groups is 1. The molecule has 0 aliphatic heterocycles. The number of nitrogens with zero attached hydrogens (tertiary/aromatic N) is 3. The SMILES string of the molecule is O=CC(CO)(Cc1ccc(OCCn2cc(CCCF)nn2)cc1)NC(=O)N[C@@H](CCC(=O)O)C(=O)O. The van der Waals surface area contributed by atoms with Crippen LogP contribution in [0.15, 0.2) is 30.5 Å². The van der Waals surface area contributed by atoms with E-state index >= 15 is 0 Å². The minimum absolute atomic E-state index is 0.103. The Morgan fingerprint density at radius 2 is 1.95 bits per heavy atom. The lowest BCUT2D eigenvalue weighted by Gasteiger charge is -2.28. The molecule has 0 saturated carbocycles. The lowest BCUT2D eigenvalue weighted by atomic mass is 9.93. The number of halogens is 1. The molecule has 1 aromatic heterocycles. The number of aliphatic carboxylic acids is 2. The van der Waals surface area contributed by atoms with Crippen LogP contribution in [0.2, 0.25) is 0 Å². The fraction of sp³-hybridized carbons (Fsp3) is 0.478. The van der Waals surface area contributed by atoms with E-state index in [1.54, 1.807) is 35.1 Å². The Bertz CT molecular complexity index is 1050. The van der Waals surface area contributed by atoms with Gasteiger partial charge in [0.15, 0.2) is 0 Å². The van der Waals surface area contributed by atoms with Gasteiger partial charge >= 0.3 is 18.0 Å². The van der Waals surface area contributed by atoms with E-state index in [0.717, 1.165) is 0 Å². The van der Waals surface area contributed by atoms with Crippen LogP contribution < -0.4 is 15.4 Å². The monoisotopic (exact) mass is 523 g/mol. The van der Waals surface area contributed by atoms with Crippen LogP contribution >= 0.6 is 0 Å². The lowest BCUT2D eigenvalue weighted by molar-refractivity contribution is -0.140. The van der Waals surface area contributed by atoms with Crippen LogP contribution in [0.3, 0.4) is 0 Å². The number of nitrogens with one attached hydrogen (secondary N) is 2. The van der Waals surface area contributed by atoms with Crippen molar-refractivity contribution >= 4 is 24.3 Å². The number of carbonyl (C=O) groups is 4. The second kappa shape index (κ2) is 14.5. The van der Waals surface area contributed by atoms with Gasteiger partial charge in [0, 0.05) is 19.0 Å². The zero-order chi connectivity index (χ0) is 27.3. The third kappa shape index (κ3) is 9.83. The Kier molecular flexibility index (Phi) is 11.4. The van der Waals surface area contributed by atoms with Crippen LogP contribution in [0.1, 0.15) is 30.5 Å². The van der Waals surface area contributed by atoms with Crippen LogP contribution in [0.5, 0.6) is 5.75 Å². The predicted octanol–water partition coefficient (Wildman–Crippen LogP) is 0.349. The molecule has 0 spiro atoms. The number of carbonyl (C=O) groups excluding carboxylic acids is 2. The van der Waals surface area contributed by atoms with Crippen molar-refractivity contribution in [1.29, 1.82) is 0 Å². The number of benzene rings is 1. The zero-order valence-electron chi connectivity index (χ0n) is 20.0. The number of urea groups is 1. The highest BCUT2D eigenvalue weighted by Gasteiger charge is 2.33. The van der Waals surface area contributed by atoms with Crippen LogP contribution in [-0.4, -0.2) is 86.0 Å². The lowest BCUT2D eigenvalue weighted by Crippen LogP contribution is -2.59. The number of carboxylic acids is 2. The third-order valence-electron chi connectivity index (χ3n) is 5.31. The summed E-state index contributed by atoms with van der Waals surface area (Å²) in [6.45, 7) is -0.470. The highest BCUT2D eigenvalue weighted by molar-refractivity contribution is 5.85. The van der Waals surface area contributed by atoms with Gasteiger partial charge in [-0.25, -0.2) is 14.3 Å². The summed E-state index contributed by atoms with van der Waals surface area (Å²) in [5.41, 5.74) is -0.469. The summed E-state index contributed by atoms with van der Waals surface area (Å²) >= 11 is 0. The first-order chi connectivity index (χ1) is 17.7. The van der Waals surface area contributed by atoms with E-state index in [-0.39, 0.29) is 19.4 Å². The molecule has 0 radical (unpaired) electrons. The minimum Gasteiger partial charge on any atom is -0.492 e. The summed E-state index contributed by atoms with van der Waals surface area (Å²) in [5.74, 6) is -2.14. The minimum atomic E-state index is -1.74. The number of hydrogen-bond donors (Lipinski definition) is 5. The van der Waals surface area contributed by atoms with E-state index < -0.39 is 49.3 Å². The molecule has 0 aliphatic rings. The Labute approximate surface area is 211 Å². The van der Waals surface area contributed by atoms with Crippen molar-refractivity contribution in [3.8, 4) is 5.75 Å². The first-order valence-electron chi connectivity index (χ1n) is 11.5. The van der Waals surface area contributed by atoms with Gasteiger partial charge in [0.1, 0.15) is 30.2 Å².